The van der Waals surface area contributed by atoms with Gasteiger partial charge in [0.15, 0.2) is 5.96 Å². The Bertz CT molecular complexity index is 531. The molecule has 1 aliphatic rings. The van der Waals surface area contributed by atoms with Crippen molar-refractivity contribution in [1.82, 2.24) is 10.2 Å². The number of ether oxygens (including phenoxy) is 1. The van der Waals surface area contributed by atoms with Crippen molar-refractivity contribution in [3.05, 3.63) is 33.3 Å². The molecule has 1 heterocycles. The van der Waals surface area contributed by atoms with Gasteiger partial charge in [-0.1, -0.05) is 33.6 Å². The molecule has 0 atom stereocenters. The molecular formula is C17H25BrClN3O. The second-order valence-electron chi connectivity index (χ2n) is 5.55. The Morgan fingerprint density at radius 1 is 1.39 bits per heavy atom. The smallest absolute Gasteiger partial charge is 0.194 e. The number of benzene rings is 1. The minimum atomic E-state index is 0.389. The van der Waals surface area contributed by atoms with Crippen molar-refractivity contribution in [2.75, 3.05) is 26.2 Å². The molecule has 2 rings (SSSR count). The summed E-state index contributed by atoms with van der Waals surface area (Å²) in [7, 11) is 0. The Hall–Kier alpha value is -0.780. The van der Waals surface area contributed by atoms with Gasteiger partial charge < -0.3 is 15.0 Å². The predicted molar refractivity (Wildman–Crippen MR) is 100 cm³/mol. The summed E-state index contributed by atoms with van der Waals surface area (Å²) >= 11 is 9.71. The Kier molecular flexibility index (Phi) is 7.66. The number of nitrogens with zero attached hydrogens (tertiary/aromatic N) is 2. The van der Waals surface area contributed by atoms with Gasteiger partial charge in [0.1, 0.15) is 0 Å². The lowest BCUT2D eigenvalue weighted by molar-refractivity contribution is 0.0263. The van der Waals surface area contributed by atoms with E-state index in [4.69, 9.17) is 21.3 Å². The molecule has 0 aliphatic carbocycles. The van der Waals surface area contributed by atoms with Gasteiger partial charge in [-0.3, -0.25) is 0 Å². The van der Waals surface area contributed by atoms with E-state index >= 15 is 0 Å². The molecule has 1 saturated heterocycles. The average molecular weight is 403 g/mol. The molecule has 0 aromatic heterocycles. The fraction of sp³-hybridized carbons (Fsp3) is 0.588. The van der Waals surface area contributed by atoms with Gasteiger partial charge in [0.25, 0.3) is 0 Å². The van der Waals surface area contributed by atoms with E-state index in [1.165, 1.54) is 0 Å². The number of likely N-dealkylation sites (tertiary alicyclic amines) is 1. The Morgan fingerprint density at radius 3 is 2.74 bits per heavy atom. The molecule has 0 bridgehead atoms. The normalized spacial score (nSPS) is 16.7. The maximum Gasteiger partial charge on any atom is 0.194 e. The molecule has 0 unspecified atom stereocenters. The number of nitrogens with one attached hydrogen (secondary N) is 1. The Labute approximate surface area is 152 Å². The molecule has 128 valence electrons. The maximum absolute atomic E-state index is 6.28. The molecule has 1 aromatic carbocycles. The third-order valence-electron chi connectivity index (χ3n) is 3.89. The standard InChI is InChI=1S/C17H25BrClN3O/c1-3-20-17(22-9-7-15(8-10-22)23-4-2)21-12-13-5-6-14(18)11-16(13)19/h5-6,11,15H,3-4,7-10,12H2,1-2H3,(H,20,21). The molecule has 1 aromatic rings. The van der Waals surface area contributed by atoms with Crippen LogP contribution in [0.4, 0.5) is 0 Å². The number of piperidine rings is 1. The third kappa shape index (κ3) is 5.66. The molecule has 0 saturated carbocycles. The summed E-state index contributed by atoms with van der Waals surface area (Å²) in [6.07, 6.45) is 2.49. The van der Waals surface area contributed by atoms with E-state index in [1.54, 1.807) is 0 Å². The summed E-state index contributed by atoms with van der Waals surface area (Å²) in [4.78, 5) is 7.07. The molecule has 0 spiro atoms. The summed E-state index contributed by atoms with van der Waals surface area (Å²) in [5, 5.41) is 4.13. The Balaban J connectivity index is 2.00. The molecule has 0 radical (unpaired) electrons. The van der Waals surface area contributed by atoms with E-state index in [0.29, 0.717) is 12.6 Å². The van der Waals surface area contributed by atoms with Crippen LogP contribution < -0.4 is 5.32 Å². The van der Waals surface area contributed by atoms with Gasteiger partial charge in [-0.15, -0.1) is 0 Å². The van der Waals surface area contributed by atoms with Crippen LogP contribution in [0, 0.1) is 0 Å². The number of guanidine groups is 1. The minimum absolute atomic E-state index is 0.389. The molecule has 4 nitrogen and oxygen atoms in total. The van der Waals surface area contributed by atoms with Crippen molar-refractivity contribution in [2.45, 2.75) is 39.3 Å². The van der Waals surface area contributed by atoms with E-state index in [2.05, 4.69) is 40.0 Å². The fourth-order valence-corrected chi connectivity index (χ4v) is 3.44. The van der Waals surface area contributed by atoms with Crippen molar-refractivity contribution < 1.29 is 4.74 Å². The topological polar surface area (TPSA) is 36.9 Å². The van der Waals surface area contributed by atoms with Gasteiger partial charge in [-0.05, 0) is 44.4 Å². The number of hydrogen-bond donors (Lipinski definition) is 1. The van der Waals surface area contributed by atoms with Crippen LogP contribution in [0.1, 0.15) is 32.3 Å². The van der Waals surface area contributed by atoms with Crippen LogP contribution >= 0.6 is 27.5 Å². The second kappa shape index (κ2) is 9.50. The van der Waals surface area contributed by atoms with Crippen molar-refractivity contribution in [1.29, 1.82) is 0 Å². The van der Waals surface area contributed by atoms with Gasteiger partial charge in [0.2, 0.25) is 0 Å². The highest BCUT2D eigenvalue weighted by Crippen LogP contribution is 2.22. The summed E-state index contributed by atoms with van der Waals surface area (Å²) in [5.41, 5.74) is 1.04. The summed E-state index contributed by atoms with van der Waals surface area (Å²) in [5.74, 6) is 0.960. The third-order valence-corrected chi connectivity index (χ3v) is 4.74. The van der Waals surface area contributed by atoms with Crippen LogP contribution in [0.15, 0.2) is 27.7 Å². The number of halogens is 2. The molecule has 1 fully saturated rings. The molecule has 0 amide bonds. The van der Waals surface area contributed by atoms with Gasteiger partial charge in [0, 0.05) is 35.7 Å². The lowest BCUT2D eigenvalue weighted by Crippen LogP contribution is -2.47. The van der Waals surface area contributed by atoms with Crippen LogP contribution in [0.5, 0.6) is 0 Å². The first-order valence-corrected chi connectivity index (χ1v) is 9.40. The zero-order chi connectivity index (χ0) is 16.7. The van der Waals surface area contributed by atoms with Gasteiger partial charge in [-0.2, -0.15) is 0 Å². The monoisotopic (exact) mass is 401 g/mol. The van der Waals surface area contributed by atoms with Crippen molar-refractivity contribution in [3.8, 4) is 0 Å². The molecular weight excluding hydrogens is 378 g/mol. The zero-order valence-corrected chi connectivity index (χ0v) is 16.2. The molecule has 6 heteroatoms. The van der Waals surface area contributed by atoms with Gasteiger partial charge >= 0.3 is 0 Å². The largest absolute Gasteiger partial charge is 0.378 e. The van der Waals surface area contributed by atoms with Crippen LogP contribution in [-0.2, 0) is 11.3 Å². The van der Waals surface area contributed by atoms with Crippen LogP contribution in [0.25, 0.3) is 0 Å². The lowest BCUT2D eigenvalue weighted by Gasteiger charge is -2.34. The predicted octanol–water partition coefficient (Wildman–Crippen LogP) is 4.07. The highest BCUT2D eigenvalue weighted by Gasteiger charge is 2.21. The number of aliphatic imine (C=N–C) groups is 1. The SMILES string of the molecule is CCNC(=NCc1ccc(Br)cc1Cl)N1CCC(OCC)CC1. The van der Waals surface area contributed by atoms with Crippen molar-refractivity contribution in [2.24, 2.45) is 4.99 Å². The summed E-state index contributed by atoms with van der Waals surface area (Å²) in [6.45, 7) is 8.34. The van der Waals surface area contributed by atoms with Crippen LogP contribution in [-0.4, -0.2) is 43.2 Å². The minimum Gasteiger partial charge on any atom is -0.378 e. The maximum atomic E-state index is 6.28. The molecule has 23 heavy (non-hydrogen) atoms. The lowest BCUT2D eigenvalue weighted by atomic mass is 10.1. The summed E-state index contributed by atoms with van der Waals surface area (Å²) in [6, 6.07) is 5.92. The molecule has 1 aliphatic heterocycles. The van der Waals surface area contributed by atoms with Gasteiger partial charge in [-0.25, -0.2) is 4.99 Å². The molecule has 1 N–H and O–H groups in total. The van der Waals surface area contributed by atoms with E-state index < -0.39 is 0 Å². The van der Waals surface area contributed by atoms with Crippen molar-refractivity contribution >= 4 is 33.5 Å². The van der Waals surface area contributed by atoms with Gasteiger partial charge in [0.05, 0.1) is 12.6 Å². The zero-order valence-electron chi connectivity index (χ0n) is 13.8. The van der Waals surface area contributed by atoms with E-state index in [0.717, 1.165) is 60.1 Å². The first kappa shape index (κ1) is 18.6. The average Bonchev–Trinajstić information content (AvgIpc) is 2.54. The highest BCUT2D eigenvalue weighted by atomic mass is 79.9. The van der Waals surface area contributed by atoms with Crippen LogP contribution in [0.2, 0.25) is 5.02 Å². The van der Waals surface area contributed by atoms with Crippen LogP contribution in [0.3, 0.4) is 0 Å². The number of rotatable bonds is 5. The van der Waals surface area contributed by atoms with E-state index in [1.807, 2.05) is 18.2 Å². The second-order valence-corrected chi connectivity index (χ2v) is 6.87. The first-order valence-electron chi connectivity index (χ1n) is 8.22. The first-order chi connectivity index (χ1) is 11.1. The van der Waals surface area contributed by atoms with E-state index in [9.17, 15) is 0 Å². The number of hydrogen-bond acceptors (Lipinski definition) is 2. The quantitative estimate of drug-likeness (QED) is 0.596. The van der Waals surface area contributed by atoms with E-state index in [-0.39, 0.29) is 0 Å². The Morgan fingerprint density at radius 2 is 2.13 bits per heavy atom. The highest BCUT2D eigenvalue weighted by molar-refractivity contribution is 9.10. The van der Waals surface area contributed by atoms with Crippen molar-refractivity contribution in [3.63, 3.8) is 0 Å². The fourth-order valence-electron chi connectivity index (χ4n) is 2.71. The summed E-state index contributed by atoms with van der Waals surface area (Å²) < 4.78 is 6.70.